The summed E-state index contributed by atoms with van der Waals surface area (Å²) in [7, 11) is 3.69. The van der Waals surface area contributed by atoms with Crippen molar-refractivity contribution in [1.29, 1.82) is 0 Å². The molecule has 0 spiro atoms. The Hall–Kier alpha value is -2.95. The summed E-state index contributed by atoms with van der Waals surface area (Å²) in [5.74, 6) is 0.671. The number of amides is 2. The lowest BCUT2D eigenvalue weighted by Crippen LogP contribution is -2.35. The Morgan fingerprint density at radius 2 is 2.04 bits per heavy atom. The van der Waals surface area contributed by atoms with Gasteiger partial charge in [-0.25, -0.2) is 4.79 Å². The zero-order valence-electron chi connectivity index (χ0n) is 15.4. The lowest BCUT2D eigenvalue weighted by atomic mass is 10.1. The van der Waals surface area contributed by atoms with Crippen molar-refractivity contribution in [2.45, 2.75) is 19.9 Å². The van der Waals surface area contributed by atoms with Gasteiger partial charge in [0.1, 0.15) is 5.75 Å². The van der Waals surface area contributed by atoms with Gasteiger partial charge in [-0.3, -0.25) is 0 Å². The van der Waals surface area contributed by atoms with E-state index in [2.05, 4.69) is 41.3 Å². The lowest BCUT2D eigenvalue weighted by molar-refractivity contribution is 0.210. The molecule has 5 heteroatoms. The molecule has 0 unspecified atom stereocenters. The van der Waals surface area contributed by atoms with E-state index in [0.717, 1.165) is 12.0 Å². The van der Waals surface area contributed by atoms with Gasteiger partial charge < -0.3 is 19.5 Å². The summed E-state index contributed by atoms with van der Waals surface area (Å²) in [6.45, 7) is 3.29. The minimum Gasteiger partial charge on any atom is -0.495 e. The first-order valence-corrected chi connectivity index (χ1v) is 8.83. The molecule has 3 aromatic rings. The molecule has 1 aliphatic rings. The smallest absolute Gasteiger partial charge is 0.322 e. The van der Waals surface area contributed by atoms with Crippen LogP contribution >= 0.6 is 0 Å². The number of nitrogens with zero attached hydrogens (tertiary/aromatic N) is 2. The maximum Gasteiger partial charge on any atom is 0.322 e. The van der Waals surface area contributed by atoms with Gasteiger partial charge in [0, 0.05) is 37.2 Å². The Labute approximate surface area is 153 Å². The molecule has 0 fully saturated rings. The van der Waals surface area contributed by atoms with E-state index in [0.29, 0.717) is 24.5 Å². The highest BCUT2D eigenvalue weighted by Crippen LogP contribution is 2.30. The first-order chi connectivity index (χ1) is 12.6. The molecule has 4 rings (SSSR count). The molecule has 2 aromatic carbocycles. The van der Waals surface area contributed by atoms with Crippen LogP contribution in [0.1, 0.15) is 16.7 Å². The van der Waals surface area contributed by atoms with Crippen molar-refractivity contribution in [3.05, 3.63) is 59.3 Å². The summed E-state index contributed by atoms with van der Waals surface area (Å²) in [6, 6.07) is 12.0. The first kappa shape index (κ1) is 16.5. The molecule has 1 N–H and O–H groups in total. The van der Waals surface area contributed by atoms with E-state index < -0.39 is 0 Å². The van der Waals surface area contributed by atoms with E-state index in [-0.39, 0.29) is 6.03 Å². The predicted molar refractivity (Wildman–Crippen MR) is 104 cm³/mol. The summed E-state index contributed by atoms with van der Waals surface area (Å²) < 4.78 is 7.54. The summed E-state index contributed by atoms with van der Waals surface area (Å²) >= 11 is 0. The molecule has 26 heavy (non-hydrogen) atoms. The van der Waals surface area contributed by atoms with E-state index in [1.54, 1.807) is 7.11 Å². The maximum absolute atomic E-state index is 12.9. The monoisotopic (exact) mass is 349 g/mol. The molecule has 0 saturated carbocycles. The second-order valence-electron chi connectivity index (χ2n) is 6.88. The number of hydrogen-bond acceptors (Lipinski definition) is 2. The zero-order valence-corrected chi connectivity index (χ0v) is 15.4. The number of anilines is 1. The van der Waals surface area contributed by atoms with E-state index in [9.17, 15) is 4.79 Å². The number of methoxy groups -OCH3 is 1. The van der Waals surface area contributed by atoms with Crippen LogP contribution in [0.15, 0.2) is 42.6 Å². The van der Waals surface area contributed by atoms with Crippen LogP contribution in [-0.4, -0.2) is 29.2 Å². The van der Waals surface area contributed by atoms with E-state index in [1.165, 1.54) is 22.0 Å². The number of ether oxygens (including phenoxy) is 1. The molecule has 0 atom stereocenters. The summed E-state index contributed by atoms with van der Waals surface area (Å²) in [4.78, 5) is 14.8. The van der Waals surface area contributed by atoms with Crippen LogP contribution in [0.25, 0.3) is 10.9 Å². The molecule has 134 valence electrons. The van der Waals surface area contributed by atoms with Crippen molar-refractivity contribution in [3.8, 4) is 5.75 Å². The van der Waals surface area contributed by atoms with Crippen molar-refractivity contribution < 1.29 is 9.53 Å². The Morgan fingerprint density at radius 3 is 2.85 bits per heavy atom. The van der Waals surface area contributed by atoms with Crippen LogP contribution in [0.2, 0.25) is 0 Å². The summed E-state index contributed by atoms with van der Waals surface area (Å²) in [5, 5.41) is 4.31. The molecule has 1 aliphatic heterocycles. The fourth-order valence-corrected chi connectivity index (χ4v) is 3.77. The fourth-order valence-electron chi connectivity index (χ4n) is 3.77. The second-order valence-corrected chi connectivity index (χ2v) is 6.88. The summed E-state index contributed by atoms with van der Waals surface area (Å²) in [6.07, 6.45) is 3.03. The standard InChI is InChI=1S/C21H23N3O2/c1-14-7-8-19(26-3)17(11-14)22-21(25)24-10-9-16-12-23(2)18-6-4-5-15(13-24)20(16)18/h4-8,11-12H,9-10,13H2,1-3H3,(H,22,25). The van der Waals surface area contributed by atoms with Gasteiger partial charge in [0.05, 0.1) is 12.8 Å². The number of hydrogen-bond donors (Lipinski definition) is 1. The molecule has 0 bridgehead atoms. The molecule has 2 amide bonds. The number of benzene rings is 2. The van der Waals surface area contributed by atoms with Crippen LogP contribution in [0.5, 0.6) is 5.75 Å². The molecular formula is C21H23N3O2. The molecule has 2 heterocycles. The van der Waals surface area contributed by atoms with Crippen LogP contribution in [0.3, 0.4) is 0 Å². The van der Waals surface area contributed by atoms with Crippen molar-refractivity contribution in [3.63, 3.8) is 0 Å². The number of nitrogens with one attached hydrogen (secondary N) is 1. The van der Waals surface area contributed by atoms with Gasteiger partial charge in [-0.15, -0.1) is 0 Å². The highest BCUT2D eigenvalue weighted by atomic mass is 16.5. The Balaban J connectivity index is 1.61. The Morgan fingerprint density at radius 1 is 1.19 bits per heavy atom. The third-order valence-corrected chi connectivity index (χ3v) is 5.08. The minimum atomic E-state index is -0.0968. The molecule has 5 nitrogen and oxygen atoms in total. The van der Waals surface area contributed by atoms with E-state index >= 15 is 0 Å². The van der Waals surface area contributed by atoms with E-state index in [1.807, 2.05) is 30.0 Å². The van der Waals surface area contributed by atoms with E-state index in [4.69, 9.17) is 4.74 Å². The second kappa shape index (κ2) is 6.41. The fraction of sp³-hybridized carbons (Fsp3) is 0.286. The topological polar surface area (TPSA) is 46.5 Å². The Bertz CT molecular complexity index is 990. The largest absolute Gasteiger partial charge is 0.495 e. The number of carbonyl (C=O) groups is 1. The average molecular weight is 349 g/mol. The van der Waals surface area contributed by atoms with Crippen molar-refractivity contribution >= 4 is 22.6 Å². The maximum atomic E-state index is 12.9. The highest BCUT2D eigenvalue weighted by molar-refractivity contribution is 5.93. The van der Waals surface area contributed by atoms with Crippen LogP contribution < -0.4 is 10.1 Å². The van der Waals surface area contributed by atoms with Gasteiger partial charge in [-0.1, -0.05) is 18.2 Å². The number of aryl methyl sites for hydroxylation is 2. The van der Waals surface area contributed by atoms with Gasteiger partial charge in [0.25, 0.3) is 0 Å². The predicted octanol–water partition coefficient (Wildman–Crippen LogP) is 4.09. The van der Waals surface area contributed by atoms with Gasteiger partial charge in [-0.2, -0.15) is 0 Å². The number of urea groups is 1. The van der Waals surface area contributed by atoms with Gasteiger partial charge in [0.15, 0.2) is 0 Å². The third kappa shape index (κ3) is 2.79. The first-order valence-electron chi connectivity index (χ1n) is 8.83. The molecule has 1 aromatic heterocycles. The van der Waals surface area contributed by atoms with Crippen LogP contribution in [0, 0.1) is 6.92 Å². The number of carbonyl (C=O) groups excluding carboxylic acids is 1. The van der Waals surface area contributed by atoms with Crippen LogP contribution in [0.4, 0.5) is 10.5 Å². The normalized spacial score (nSPS) is 13.6. The van der Waals surface area contributed by atoms with Crippen molar-refractivity contribution in [1.82, 2.24) is 9.47 Å². The SMILES string of the molecule is COc1ccc(C)cc1NC(=O)N1CCc2cn(C)c3cccc(c23)C1. The van der Waals surface area contributed by atoms with Gasteiger partial charge in [-0.05, 0) is 48.2 Å². The third-order valence-electron chi connectivity index (χ3n) is 5.08. The van der Waals surface area contributed by atoms with Gasteiger partial charge >= 0.3 is 6.03 Å². The summed E-state index contributed by atoms with van der Waals surface area (Å²) in [5.41, 5.74) is 5.51. The molecular weight excluding hydrogens is 326 g/mol. The molecule has 0 aliphatic carbocycles. The van der Waals surface area contributed by atoms with Crippen molar-refractivity contribution in [2.75, 3.05) is 19.0 Å². The van der Waals surface area contributed by atoms with Gasteiger partial charge in [0.2, 0.25) is 0 Å². The van der Waals surface area contributed by atoms with Crippen LogP contribution in [-0.2, 0) is 20.0 Å². The zero-order chi connectivity index (χ0) is 18.3. The highest BCUT2D eigenvalue weighted by Gasteiger charge is 2.22. The lowest BCUT2D eigenvalue weighted by Gasteiger charge is -2.22. The Kier molecular flexibility index (Phi) is 4.07. The molecule has 0 radical (unpaired) electrons. The molecule has 0 saturated heterocycles. The number of aromatic nitrogens is 1. The number of rotatable bonds is 2. The average Bonchev–Trinajstić information content (AvgIpc) is 2.83. The van der Waals surface area contributed by atoms with Crippen molar-refractivity contribution in [2.24, 2.45) is 7.05 Å². The minimum absolute atomic E-state index is 0.0968. The quantitative estimate of drug-likeness (QED) is 0.757.